The number of ether oxygens (including phenoxy) is 2. The third kappa shape index (κ3) is 4.12. The van der Waals surface area contributed by atoms with E-state index in [1.54, 1.807) is 5.57 Å². The van der Waals surface area contributed by atoms with Crippen molar-refractivity contribution in [3.63, 3.8) is 0 Å². The Morgan fingerprint density at radius 2 is 1.82 bits per heavy atom. The van der Waals surface area contributed by atoms with Gasteiger partial charge in [-0.25, -0.2) is 0 Å². The summed E-state index contributed by atoms with van der Waals surface area (Å²) in [5.74, 6) is 5.01. The minimum absolute atomic E-state index is 0.0821. The maximum absolute atomic E-state index is 7.11. The maximum Gasteiger partial charge on any atom is 0.0765 e. The van der Waals surface area contributed by atoms with Gasteiger partial charge in [-0.05, 0) is 126 Å². The molecule has 4 heteroatoms. The molecule has 0 aromatic heterocycles. The van der Waals surface area contributed by atoms with Crippen LogP contribution < -0.4 is 5.32 Å². The number of likely N-dealkylation sites (tertiary alicyclic amines) is 1. The highest BCUT2D eigenvalue weighted by Gasteiger charge is 2.59. The molecule has 0 aromatic carbocycles. The molecule has 3 saturated carbocycles. The van der Waals surface area contributed by atoms with Crippen LogP contribution in [-0.4, -0.2) is 61.5 Å². The van der Waals surface area contributed by atoms with Crippen LogP contribution in [0.2, 0.25) is 0 Å². The predicted octanol–water partition coefficient (Wildman–Crippen LogP) is 6.59. The van der Waals surface area contributed by atoms with Crippen molar-refractivity contribution in [2.24, 2.45) is 40.9 Å². The molecule has 3 saturated heterocycles. The molecule has 7 aliphatic rings. The summed E-state index contributed by atoms with van der Waals surface area (Å²) in [5, 5.41) is 3.90. The lowest BCUT2D eigenvalue weighted by molar-refractivity contribution is -0.0782. The molecule has 6 fully saturated rings. The minimum atomic E-state index is 0.0821. The van der Waals surface area contributed by atoms with Crippen molar-refractivity contribution in [1.29, 1.82) is 0 Å². The van der Waals surface area contributed by atoms with E-state index in [1.165, 1.54) is 96.7 Å². The van der Waals surface area contributed by atoms with Crippen molar-refractivity contribution in [1.82, 2.24) is 10.2 Å². The van der Waals surface area contributed by atoms with Gasteiger partial charge in [-0.2, -0.15) is 0 Å². The second-order valence-corrected chi connectivity index (χ2v) is 15.6. The van der Waals surface area contributed by atoms with Crippen molar-refractivity contribution in [2.75, 3.05) is 26.7 Å². The highest BCUT2D eigenvalue weighted by molar-refractivity contribution is 5.29. The summed E-state index contributed by atoms with van der Waals surface area (Å²) in [6.45, 7) is 13.8. The Kier molecular flexibility index (Phi) is 6.86. The van der Waals surface area contributed by atoms with E-state index in [0.717, 1.165) is 35.6 Å². The number of methoxy groups -OCH3 is 1. The van der Waals surface area contributed by atoms with E-state index in [0.29, 0.717) is 29.6 Å². The molecule has 11 atom stereocenters. The molecule has 0 amide bonds. The van der Waals surface area contributed by atoms with Crippen LogP contribution in [0.1, 0.15) is 105 Å². The summed E-state index contributed by atoms with van der Waals surface area (Å²) in [6, 6.07) is 1.40. The largest absolute Gasteiger partial charge is 0.381 e. The Morgan fingerprint density at radius 1 is 1.00 bits per heavy atom. The second-order valence-electron chi connectivity index (χ2n) is 15.6. The van der Waals surface area contributed by atoms with Gasteiger partial charge < -0.3 is 19.7 Å². The fourth-order valence-electron chi connectivity index (χ4n) is 11.6. The Labute approximate surface area is 233 Å². The van der Waals surface area contributed by atoms with Crippen LogP contribution in [0.3, 0.4) is 0 Å². The molecule has 3 heterocycles. The third-order valence-corrected chi connectivity index (χ3v) is 13.9. The first-order chi connectivity index (χ1) is 18.3. The van der Waals surface area contributed by atoms with E-state index < -0.39 is 0 Å². The third-order valence-electron chi connectivity index (χ3n) is 13.9. The highest BCUT2D eigenvalue weighted by Crippen LogP contribution is 2.65. The first kappa shape index (κ1) is 26.5. The number of hydrogen-bond acceptors (Lipinski definition) is 4. The van der Waals surface area contributed by atoms with Crippen molar-refractivity contribution in [3.8, 4) is 0 Å². The molecule has 4 aliphatic carbocycles. The van der Waals surface area contributed by atoms with Crippen molar-refractivity contribution < 1.29 is 9.47 Å². The van der Waals surface area contributed by atoms with E-state index >= 15 is 0 Å². The summed E-state index contributed by atoms with van der Waals surface area (Å²) >= 11 is 0. The Balaban J connectivity index is 1.07. The Bertz CT molecular complexity index is 925. The molecule has 38 heavy (non-hydrogen) atoms. The first-order valence-electron chi connectivity index (χ1n) is 16.7. The molecular weight excluding hydrogens is 468 g/mol. The molecule has 0 aromatic rings. The zero-order valence-electron chi connectivity index (χ0n) is 25.1. The molecular formula is C34H56N2O2. The summed E-state index contributed by atoms with van der Waals surface area (Å²) in [4.78, 5) is 2.85. The Morgan fingerprint density at radius 3 is 2.61 bits per heavy atom. The minimum Gasteiger partial charge on any atom is -0.381 e. The summed E-state index contributed by atoms with van der Waals surface area (Å²) in [6.07, 6.45) is 17.2. The average molecular weight is 525 g/mol. The van der Waals surface area contributed by atoms with Gasteiger partial charge in [0.05, 0.1) is 17.8 Å². The monoisotopic (exact) mass is 524 g/mol. The van der Waals surface area contributed by atoms with Crippen LogP contribution >= 0.6 is 0 Å². The van der Waals surface area contributed by atoms with E-state index in [9.17, 15) is 0 Å². The van der Waals surface area contributed by atoms with Gasteiger partial charge in [0.2, 0.25) is 0 Å². The lowest BCUT2D eigenvalue weighted by Crippen LogP contribution is -2.52. The van der Waals surface area contributed by atoms with Gasteiger partial charge in [-0.1, -0.05) is 31.9 Å². The van der Waals surface area contributed by atoms with Crippen LogP contribution in [0.15, 0.2) is 11.1 Å². The quantitative estimate of drug-likeness (QED) is 0.413. The lowest BCUT2D eigenvalue weighted by atomic mass is 9.52. The van der Waals surface area contributed by atoms with E-state index in [2.05, 4.69) is 37.9 Å². The van der Waals surface area contributed by atoms with Crippen molar-refractivity contribution >= 4 is 0 Å². The van der Waals surface area contributed by atoms with E-state index in [4.69, 9.17) is 9.47 Å². The molecule has 4 nitrogen and oxygen atoms in total. The molecule has 2 unspecified atom stereocenters. The number of fused-ring (bicyclic) bond motifs is 6. The number of nitrogens with zero attached hydrogens (tertiary/aromatic N) is 1. The van der Waals surface area contributed by atoms with Crippen LogP contribution in [0.4, 0.5) is 0 Å². The molecule has 1 N–H and O–H groups in total. The van der Waals surface area contributed by atoms with Gasteiger partial charge in [-0.15, -0.1) is 0 Å². The fourth-order valence-corrected chi connectivity index (χ4v) is 11.6. The molecule has 214 valence electrons. The number of nitrogens with one attached hydrogen (secondary N) is 1. The van der Waals surface area contributed by atoms with Gasteiger partial charge in [0.15, 0.2) is 0 Å². The topological polar surface area (TPSA) is 33.7 Å². The number of hydrogen-bond donors (Lipinski definition) is 1. The summed E-state index contributed by atoms with van der Waals surface area (Å²) in [5.41, 5.74) is 4.27. The normalized spacial score (nSPS) is 51.9. The van der Waals surface area contributed by atoms with Crippen molar-refractivity contribution in [2.45, 2.75) is 135 Å². The SMILES string of the molecule is COC1CCN(C2CC[C@@]3(C)C(CC[C@H]4[C@@H]5CC[C@@]6(CC(C)=C5C[C@@H]43)O[C@@H]3C[C@H](C)CN[C@H]3[C@H]6C)C2)CC1. The molecule has 7 rings (SSSR count). The van der Waals surface area contributed by atoms with Gasteiger partial charge >= 0.3 is 0 Å². The number of rotatable bonds is 2. The maximum atomic E-state index is 7.11. The first-order valence-corrected chi connectivity index (χ1v) is 16.7. The predicted molar refractivity (Wildman–Crippen MR) is 154 cm³/mol. The van der Waals surface area contributed by atoms with Crippen LogP contribution in [-0.2, 0) is 9.47 Å². The zero-order valence-corrected chi connectivity index (χ0v) is 25.1. The van der Waals surface area contributed by atoms with Gasteiger partial charge in [0.1, 0.15) is 0 Å². The molecule has 3 aliphatic heterocycles. The molecule has 1 spiro atoms. The Hall–Kier alpha value is -0.420. The number of allylic oxidation sites excluding steroid dienone is 1. The van der Waals surface area contributed by atoms with Gasteiger partial charge in [0, 0.05) is 38.2 Å². The fraction of sp³-hybridized carbons (Fsp3) is 0.941. The second kappa shape index (κ2) is 9.85. The summed E-state index contributed by atoms with van der Waals surface area (Å²) in [7, 11) is 1.90. The highest BCUT2D eigenvalue weighted by atomic mass is 16.5. The molecule has 0 bridgehead atoms. The lowest BCUT2D eigenvalue weighted by Gasteiger charge is -2.56. The molecule has 0 radical (unpaired) electrons. The van der Waals surface area contributed by atoms with Crippen LogP contribution in [0, 0.1) is 40.9 Å². The van der Waals surface area contributed by atoms with Gasteiger partial charge in [-0.3, -0.25) is 0 Å². The number of piperidine rings is 2. The average Bonchev–Trinajstić information content (AvgIpc) is 3.38. The van der Waals surface area contributed by atoms with Crippen LogP contribution in [0.5, 0.6) is 0 Å². The zero-order chi connectivity index (χ0) is 26.2. The van der Waals surface area contributed by atoms with E-state index in [1.807, 2.05) is 12.7 Å². The smallest absolute Gasteiger partial charge is 0.0765 e. The van der Waals surface area contributed by atoms with Crippen LogP contribution in [0.25, 0.3) is 0 Å². The van der Waals surface area contributed by atoms with Gasteiger partial charge in [0.25, 0.3) is 0 Å². The standard InChI is InChI=1S/C34H56N2O2/c1-21-16-31-32(35-20-21)23(3)34(38-31)13-9-27-28-7-6-24-17-25(36-14-10-26(37-5)11-15-36)8-12-33(24,4)30(28)18-29(27)22(2)19-34/h21,23-28,30-32,35H,6-20H2,1-5H3/t21-,23+,24?,25?,27-,28-,30-,31+,32-,33-,34-/m0/s1. The van der Waals surface area contributed by atoms with E-state index in [-0.39, 0.29) is 5.60 Å². The van der Waals surface area contributed by atoms with Crippen molar-refractivity contribution in [3.05, 3.63) is 11.1 Å². The summed E-state index contributed by atoms with van der Waals surface area (Å²) < 4.78 is 12.8.